The highest BCUT2D eigenvalue weighted by atomic mass is 16.5. The van der Waals surface area contributed by atoms with Crippen molar-refractivity contribution >= 4 is 5.91 Å². The molecular weight excluding hydrogens is 230 g/mol. The summed E-state index contributed by atoms with van der Waals surface area (Å²) in [6.07, 6.45) is 1.87. The fourth-order valence-electron chi connectivity index (χ4n) is 2.01. The van der Waals surface area contributed by atoms with Gasteiger partial charge in [-0.05, 0) is 18.6 Å². The fraction of sp³-hybridized carbons (Fsp3) is 0.357. The minimum atomic E-state index is -0.407. The van der Waals surface area contributed by atoms with E-state index in [2.05, 4.69) is 6.58 Å². The summed E-state index contributed by atoms with van der Waals surface area (Å²) >= 11 is 0. The van der Waals surface area contributed by atoms with Crippen LogP contribution in [0.5, 0.6) is 5.75 Å². The summed E-state index contributed by atoms with van der Waals surface area (Å²) in [5.41, 5.74) is 0.536. The van der Waals surface area contributed by atoms with E-state index in [9.17, 15) is 9.90 Å². The van der Waals surface area contributed by atoms with Gasteiger partial charge in [0.05, 0.1) is 11.7 Å². The van der Waals surface area contributed by atoms with Crippen molar-refractivity contribution in [2.24, 2.45) is 0 Å². The molecule has 0 aromatic heterocycles. The molecule has 1 saturated heterocycles. The Kier molecular flexibility index (Phi) is 3.99. The lowest BCUT2D eigenvalue weighted by Gasteiger charge is -2.17. The number of aliphatic hydroxyl groups is 1. The van der Waals surface area contributed by atoms with Gasteiger partial charge in [0.2, 0.25) is 0 Å². The zero-order valence-electron chi connectivity index (χ0n) is 10.2. The van der Waals surface area contributed by atoms with Gasteiger partial charge in [0.25, 0.3) is 5.91 Å². The van der Waals surface area contributed by atoms with Crippen LogP contribution in [0.3, 0.4) is 0 Å². The van der Waals surface area contributed by atoms with Gasteiger partial charge >= 0.3 is 0 Å². The standard InChI is InChI=1S/C14H17NO3/c1-2-9-18-13-6-4-3-5-12(13)14(17)15-8-7-11(16)10-15/h2-6,11,16H,1,7-10H2/t11-/m1/s1. The average molecular weight is 247 g/mol. The lowest BCUT2D eigenvalue weighted by atomic mass is 10.2. The topological polar surface area (TPSA) is 49.8 Å². The second-order valence-corrected chi connectivity index (χ2v) is 4.29. The van der Waals surface area contributed by atoms with Crippen molar-refractivity contribution in [2.45, 2.75) is 12.5 Å². The molecule has 0 aliphatic carbocycles. The lowest BCUT2D eigenvalue weighted by Crippen LogP contribution is -2.29. The van der Waals surface area contributed by atoms with E-state index in [0.717, 1.165) is 0 Å². The van der Waals surface area contributed by atoms with Gasteiger partial charge in [0.1, 0.15) is 12.4 Å². The van der Waals surface area contributed by atoms with Crippen LogP contribution in [-0.4, -0.2) is 41.7 Å². The summed E-state index contributed by atoms with van der Waals surface area (Å²) in [7, 11) is 0. The molecule has 4 heteroatoms. The van der Waals surface area contributed by atoms with Gasteiger partial charge < -0.3 is 14.7 Å². The van der Waals surface area contributed by atoms with E-state index < -0.39 is 6.10 Å². The quantitative estimate of drug-likeness (QED) is 0.819. The van der Waals surface area contributed by atoms with Crippen LogP contribution in [0.2, 0.25) is 0 Å². The van der Waals surface area contributed by atoms with E-state index in [1.54, 1.807) is 29.2 Å². The highest BCUT2D eigenvalue weighted by molar-refractivity contribution is 5.97. The highest BCUT2D eigenvalue weighted by Crippen LogP contribution is 2.22. The lowest BCUT2D eigenvalue weighted by molar-refractivity contribution is 0.0761. The molecule has 1 aromatic rings. The molecule has 18 heavy (non-hydrogen) atoms. The second kappa shape index (κ2) is 5.69. The number of ether oxygens (including phenoxy) is 1. The maximum absolute atomic E-state index is 12.3. The van der Waals surface area contributed by atoms with Crippen LogP contribution in [0.25, 0.3) is 0 Å². The molecule has 1 fully saturated rings. The number of likely N-dealkylation sites (tertiary alicyclic amines) is 1. The van der Waals surface area contributed by atoms with Gasteiger partial charge in [-0.3, -0.25) is 4.79 Å². The molecule has 0 spiro atoms. The molecule has 0 bridgehead atoms. The monoisotopic (exact) mass is 247 g/mol. The highest BCUT2D eigenvalue weighted by Gasteiger charge is 2.26. The Hall–Kier alpha value is -1.81. The van der Waals surface area contributed by atoms with E-state index in [-0.39, 0.29) is 5.91 Å². The van der Waals surface area contributed by atoms with E-state index >= 15 is 0 Å². The van der Waals surface area contributed by atoms with E-state index in [1.807, 2.05) is 6.07 Å². The van der Waals surface area contributed by atoms with Gasteiger partial charge in [0, 0.05) is 13.1 Å². The molecule has 0 unspecified atom stereocenters. The van der Waals surface area contributed by atoms with Gasteiger partial charge in [0.15, 0.2) is 0 Å². The number of hydrogen-bond donors (Lipinski definition) is 1. The van der Waals surface area contributed by atoms with Crippen LogP contribution in [0.15, 0.2) is 36.9 Å². The van der Waals surface area contributed by atoms with Crippen molar-refractivity contribution in [3.8, 4) is 5.75 Å². The van der Waals surface area contributed by atoms with Crippen LogP contribution in [-0.2, 0) is 0 Å². The third-order valence-electron chi connectivity index (χ3n) is 2.92. The summed E-state index contributed by atoms with van der Waals surface area (Å²) in [5, 5.41) is 9.47. The molecule has 0 saturated carbocycles. The largest absolute Gasteiger partial charge is 0.489 e. The molecule has 2 rings (SSSR count). The zero-order valence-corrected chi connectivity index (χ0v) is 10.2. The first-order chi connectivity index (χ1) is 8.72. The Morgan fingerprint density at radius 1 is 1.56 bits per heavy atom. The van der Waals surface area contributed by atoms with Crippen molar-refractivity contribution in [1.29, 1.82) is 0 Å². The van der Waals surface area contributed by atoms with Crippen LogP contribution in [0.1, 0.15) is 16.8 Å². The molecular formula is C14H17NO3. The SMILES string of the molecule is C=CCOc1ccccc1C(=O)N1CC[C@@H](O)C1. The number of amides is 1. The van der Waals surface area contributed by atoms with Crippen molar-refractivity contribution in [3.05, 3.63) is 42.5 Å². The number of rotatable bonds is 4. The Balaban J connectivity index is 2.16. The second-order valence-electron chi connectivity index (χ2n) is 4.29. The van der Waals surface area contributed by atoms with Crippen LogP contribution >= 0.6 is 0 Å². The summed E-state index contributed by atoms with van der Waals surface area (Å²) in [5.74, 6) is 0.468. The maximum atomic E-state index is 12.3. The summed E-state index contributed by atoms with van der Waals surface area (Å²) in [4.78, 5) is 13.9. The van der Waals surface area contributed by atoms with Crippen LogP contribution < -0.4 is 4.74 Å². The Morgan fingerprint density at radius 3 is 3.00 bits per heavy atom. The molecule has 1 amide bonds. The molecule has 1 heterocycles. The molecule has 1 aliphatic heterocycles. The number of carbonyl (C=O) groups excluding carboxylic acids is 1. The predicted molar refractivity (Wildman–Crippen MR) is 68.7 cm³/mol. The van der Waals surface area contributed by atoms with Crippen molar-refractivity contribution in [2.75, 3.05) is 19.7 Å². The molecule has 1 N–H and O–H groups in total. The van der Waals surface area contributed by atoms with E-state index in [1.165, 1.54) is 0 Å². The number of nitrogens with zero attached hydrogens (tertiary/aromatic N) is 1. The first-order valence-corrected chi connectivity index (χ1v) is 6.02. The maximum Gasteiger partial charge on any atom is 0.257 e. The van der Waals surface area contributed by atoms with E-state index in [0.29, 0.717) is 37.4 Å². The van der Waals surface area contributed by atoms with Crippen molar-refractivity contribution in [1.82, 2.24) is 4.90 Å². The summed E-state index contributed by atoms with van der Waals surface area (Å²) in [6, 6.07) is 7.14. The minimum Gasteiger partial charge on any atom is -0.489 e. The number of carbonyl (C=O) groups is 1. The van der Waals surface area contributed by atoms with Gasteiger partial charge in [-0.25, -0.2) is 0 Å². The zero-order chi connectivity index (χ0) is 13.0. The normalized spacial score (nSPS) is 18.7. The third kappa shape index (κ3) is 2.71. The Bertz CT molecular complexity index is 444. The number of para-hydroxylation sites is 1. The number of benzene rings is 1. The smallest absolute Gasteiger partial charge is 0.257 e. The summed E-state index contributed by atoms with van der Waals surface area (Å²) in [6.45, 7) is 4.94. The molecule has 0 radical (unpaired) electrons. The fourth-order valence-corrected chi connectivity index (χ4v) is 2.01. The van der Waals surface area contributed by atoms with Crippen LogP contribution in [0, 0.1) is 0 Å². The van der Waals surface area contributed by atoms with Gasteiger partial charge in [-0.2, -0.15) is 0 Å². The molecule has 1 aromatic carbocycles. The third-order valence-corrected chi connectivity index (χ3v) is 2.92. The Morgan fingerprint density at radius 2 is 2.33 bits per heavy atom. The molecule has 1 aliphatic rings. The van der Waals surface area contributed by atoms with Crippen molar-refractivity contribution < 1.29 is 14.6 Å². The number of β-amino-alcohol motifs (C(OH)–C–C–N with tert-alkyl or cyclic N) is 1. The first kappa shape index (κ1) is 12.6. The Labute approximate surface area is 106 Å². The minimum absolute atomic E-state index is 0.0915. The predicted octanol–water partition coefficient (Wildman–Crippen LogP) is 1.46. The first-order valence-electron chi connectivity index (χ1n) is 6.02. The number of hydrogen-bond acceptors (Lipinski definition) is 3. The average Bonchev–Trinajstić information content (AvgIpc) is 2.82. The van der Waals surface area contributed by atoms with Crippen molar-refractivity contribution in [3.63, 3.8) is 0 Å². The molecule has 4 nitrogen and oxygen atoms in total. The number of aliphatic hydroxyl groups excluding tert-OH is 1. The van der Waals surface area contributed by atoms with E-state index in [4.69, 9.17) is 4.74 Å². The molecule has 1 atom stereocenters. The molecule has 96 valence electrons. The van der Waals surface area contributed by atoms with Crippen LogP contribution in [0.4, 0.5) is 0 Å². The van der Waals surface area contributed by atoms with Gasteiger partial charge in [-0.1, -0.05) is 24.8 Å². The summed E-state index contributed by atoms with van der Waals surface area (Å²) < 4.78 is 5.47. The van der Waals surface area contributed by atoms with Gasteiger partial charge in [-0.15, -0.1) is 0 Å².